The van der Waals surface area contributed by atoms with Gasteiger partial charge in [0.15, 0.2) is 5.76 Å². The number of rotatable bonds is 4. The van der Waals surface area contributed by atoms with Gasteiger partial charge in [-0.1, -0.05) is 18.2 Å². The number of carbonyl (C=O) groups excluding carboxylic acids is 1. The molecule has 3 N–H and O–H groups in total. The quantitative estimate of drug-likeness (QED) is 0.770. The van der Waals surface area contributed by atoms with Crippen LogP contribution in [-0.4, -0.2) is 10.9 Å². The molecule has 0 atom stereocenters. The minimum Gasteiger partial charge on any atom is -0.454 e. The molecule has 106 valence electrons. The summed E-state index contributed by atoms with van der Waals surface area (Å²) in [5.41, 5.74) is 8.24. The number of nitrogens with zero attached hydrogens (tertiary/aromatic N) is 1. The first kappa shape index (κ1) is 13.2. The van der Waals surface area contributed by atoms with Gasteiger partial charge in [0.05, 0.1) is 12.1 Å². The molecule has 3 rings (SSSR count). The van der Waals surface area contributed by atoms with E-state index in [-0.39, 0.29) is 5.76 Å². The number of hydrogen-bond donors (Lipinski definition) is 2. The number of anilines is 1. The van der Waals surface area contributed by atoms with Crippen molar-refractivity contribution < 1.29 is 9.21 Å². The zero-order valence-corrected chi connectivity index (χ0v) is 11.6. The Kier molecular flexibility index (Phi) is 3.31. The average molecular weight is 281 g/mol. The van der Waals surface area contributed by atoms with Gasteiger partial charge < -0.3 is 15.5 Å². The summed E-state index contributed by atoms with van der Waals surface area (Å²) < 4.78 is 5.35. The number of amides is 1. The van der Waals surface area contributed by atoms with E-state index in [4.69, 9.17) is 10.2 Å². The van der Waals surface area contributed by atoms with Crippen LogP contribution in [0.25, 0.3) is 10.9 Å². The van der Waals surface area contributed by atoms with Gasteiger partial charge in [-0.2, -0.15) is 0 Å². The second-order valence-corrected chi connectivity index (χ2v) is 4.81. The Balaban J connectivity index is 1.85. The zero-order chi connectivity index (χ0) is 14.8. The highest BCUT2D eigenvalue weighted by Crippen LogP contribution is 2.24. The summed E-state index contributed by atoms with van der Waals surface area (Å²) in [6.07, 6.45) is 1.77. The lowest BCUT2D eigenvalue weighted by Crippen LogP contribution is -2.09. The summed E-state index contributed by atoms with van der Waals surface area (Å²) in [5.74, 6) is 0.259. The third-order valence-corrected chi connectivity index (χ3v) is 3.33. The number of para-hydroxylation sites is 1. The van der Waals surface area contributed by atoms with Crippen LogP contribution in [-0.2, 0) is 6.54 Å². The first-order valence-corrected chi connectivity index (χ1v) is 6.62. The molecule has 0 spiro atoms. The number of aromatic nitrogens is 1. The second-order valence-electron chi connectivity index (χ2n) is 4.81. The molecule has 0 aliphatic rings. The maximum atomic E-state index is 11.0. The lowest BCUT2D eigenvalue weighted by molar-refractivity contribution is 0.0972. The highest BCUT2D eigenvalue weighted by atomic mass is 16.3. The van der Waals surface area contributed by atoms with Gasteiger partial charge in [0.25, 0.3) is 5.91 Å². The number of nitrogens with two attached hydrogens (primary N) is 1. The lowest BCUT2D eigenvalue weighted by atomic mass is 10.1. The molecule has 2 heterocycles. The molecule has 0 bridgehead atoms. The van der Waals surface area contributed by atoms with Crippen molar-refractivity contribution >= 4 is 22.5 Å². The molecule has 0 saturated carbocycles. The van der Waals surface area contributed by atoms with E-state index in [2.05, 4.69) is 10.3 Å². The van der Waals surface area contributed by atoms with Gasteiger partial charge in [0.1, 0.15) is 5.76 Å². The van der Waals surface area contributed by atoms with Crippen molar-refractivity contribution in [1.29, 1.82) is 0 Å². The van der Waals surface area contributed by atoms with E-state index < -0.39 is 5.91 Å². The van der Waals surface area contributed by atoms with Crippen molar-refractivity contribution in [2.24, 2.45) is 5.73 Å². The van der Waals surface area contributed by atoms with Crippen molar-refractivity contribution in [1.82, 2.24) is 4.98 Å². The molecule has 2 aromatic heterocycles. The van der Waals surface area contributed by atoms with E-state index in [0.29, 0.717) is 12.3 Å². The SMILES string of the molecule is Cc1cccc2c(NCc3ccc(C(N)=O)o3)ccnc12. The summed E-state index contributed by atoms with van der Waals surface area (Å²) in [7, 11) is 0. The van der Waals surface area contributed by atoms with E-state index in [0.717, 1.165) is 22.2 Å². The van der Waals surface area contributed by atoms with Crippen molar-refractivity contribution in [3.8, 4) is 0 Å². The van der Waals surface area contributed by atoms with Crippen molar-refractivity contribution in [2.45, 2.75) is 13.5 Å². The normalized spacial score (nSPS) is 10.7. The van der Waals surface area contributed by atoms with Crippen LogP contribution < -0.4 is 11.1 Å². The Bertz CT molecular complexity index is 808. The largest absolute Gasteiger partial charge is 0.454 e. The van der Waals surface area contributed by atoms with Crippen LogP contribution in [0.4, 0.5) is 5.69 Å². The monoisotopic (exact) mass is 281 g/mol. The topological polar surface area (TPSA) is 81.1 Å². The number of benzene rings is 1. The maximum Gasteiger partial charge on any atom is 0.284 e. The Labute approximate surface area is 121 Å². The molecule has 3 aromatic rings. The molecular formula is C16H15N3O2. The van der Waals surface area contributed by atoms with Crippen LogP contribution >= 0.6 is 0 Å². The number of furan rings is 1. The summed E-state index contributed by atoms with van der Waals surface area (Å²) in [5, 5.41) is 4.35. The van der Waals surface area contributed by atoms with Crippen LogP contribution in [0, 0.1) is 6.92 Å². The third kappa shape index (κ3) is 2.58. The molecule has 0 aliphatic carbocycles. The Morgan fingerprint density at radius 2 is 2.14 bits per heavy atom. The Morgan fingerprint density at radius 1 is 1.29 bits per heavy atom. The Morgan fingerprint density at radius 3 is 2.90 bits per heavy atom. The van der Waals surface area contributed by atoms with Crippen molar-refractivity contribution in [3.05, 3.63) is 59.7 Å². The van der Waals surface area contributed by atoms with E-state index in [1.54, 1.807) is 18.3 Å². The van der Waals surface area contributed by atoms with Gasteiger partial charge in [-0.15, -0.1) is 0 Å². The molecular weight excluding hydrogens is 266 g/mol. The lowest BCUT2D eigenvalue weighted by Gasteiger charge is -2.09. The minimum absolute atomic E-state index is 0.169. The van der Waals surface area contributed by atoms with Gasteiger partial charge in [-0.3, -0.25) is 9.78 Å². The standard InChI is InChI=1S/C16H15N3O2/c1-10-3-2-4-12-13(7-8-18-15(10)12)19-9-11-5-6-14(21-11)16(17)20/h2-8H,9H2,1H3,(H2,17,20)(H,18,19). The number of hydrogen-bond acceptors (Lipinski definition) is 4. The molecule has 1 amide bonds. The zero-order valence-electron chi connectivity index (χ0n) is 11.6. The van der Waals surface area contributed by atoms with Crippen LogP contribution in [0.1, 0.15) is 21.9 Å². The smallest absolute Gasteiger partial charge is 0.284 e. The van der Waals surface area contributed by atoms with Gasteiger partial charge in [0, 0.05) is 17.3 Å². The number of primary amides is 1. The molecule has 0 unspecified atom stereocenters. The summed E-state index contributed by atoms with van der Waals surface area (Å²) >= 11 is 0. The van der Waals surface area contributed by atoms with Crippen molar-refractivity contribution in [3.63, 3.8) is 0 Å². The summed E-state index contributed by atoms with van der Waals surface area (Å²) in [6.45, 7) is 2.51. The van der Waals surface area contributed by atoms with Crippen molar-refractivity contribution in [2.75, 3.05) is 5.32 Å². The second kappa shape index (κ2) is 5.28. The fraction of sp³-hybridized carbons (Fsp3) is 0.125. The number of nitrogens with one attached hydrogen (secondary N) is 1. The molecule has 0 saturated heterocycles. The van der Waals surface area contributed by atoms with E-state index in [1.807, 2.05) is 31.2 Å². The number of pyridine rings is 1. The van der Waals surface area contributed by atoms with Crippen LogP contribution in [0.15, 0.2) is 47.0 Å². The molecule has 1 aromatic carbocycles. The number of aryl methyl sites for hydroxylation is 1. The molecule has 21 heavy (non-hydrogen) atoms. The summed E-state index contributed by atoms with van der Waals surface area (Å²) in [6, 6.07) is 11.3. The number of fused-ring (bicyclic) bond motifs is 1. The highest BCUT2D eigenvalue weighted by molar-refractivity contribution is 5.92. The average Bonchev–Trinajstić information content (AvgIpc) is 2.95. The van der Waals surface area contributed by atoms with E-state index >= 15 is 0 Å². The fourth-order valence-corrected chi connectivity index (χ4v) is 2.27. The fourth-order valence-electron chi connectivity index (χ4n) is 2.27. The van der Waals surface area contributed by atoms with Crippen LogP contribution in [0.5, 0.6) is 0 Å². The van der Waals surface area contributed by atoms with Crippen LogP contribution in [0.2, 0.25) is 0 Å². The first-order valence-electron chi connectivity index (χ1n) is 6.62. The number of carbonyl (C=O) groups is 1. The maximum absolute atomic E-state index is 11.0. The van der Waals surface area contributed by atoms with Gasteiger partial charge in [-0.25, -0.2) is 0 Å². The third-order valence-electron chi connectivity index (χ3n) is 3.33. The van der Waals surface area contributed by atoms with Gasteiger partial charge >= 0.3 is 0 Å². The highest BCUT2D eigenvalue weighted by Gasteiger charge is 2.08. The summed E-state index contributed by atoms with van der Waals surface area (Å²) in [4.78, 5) is 15.4. The van der Waals surface area contributed by atoms with Crippen LogP contribution in [0.3, 0.4) is 0 Å². The molecule has 5 heteroatoms. The first-order chi connectivity index (χ1) is 10.1. The van der Waals surface area contributed by atoms with E-state index in [9.17, 15) is 4.79 Å². The minimum atomic E-state index is -0.564. The molecule has 0 radical (unpaired) electrons. The predicted octanol–water partition coefficient (Wildman–Crippen LogP) is 2.85. The molecule has 0 fully saturated rings. The predicted molar refractivity (Wildman–Crippen MR) is 81.0 cm³/mol. The van der Waals surface area contributed by atoms with Gasteiger partial charge in [0.2, 0.25) is 0 Å². The van der Waals surface area contributed by atoms with E-state index in [1.165, 1.54) is 0 Å². The Hall–Kier alpha value is -2.82. The van der Waals surface area contributed by atoms with Gasteiger partial charge in [-0.05, 0) is 30.7 Å². The molecule has 5 nitrogen and oxygen atoms in total. The molecule has 0 aliphatic heterocycles.